The Balaban J connectivity index is 1.33. The van der Waals surface area contributed by atoms with Crippen molar-refractivity contribution in [3.05, 3.63) is 59.2 Å². The lowest BCUT2D eigenvalue weighted by Crippen LogP contribution is -2.72. The number of piperazine rings is 1. The summed E-state index contributed by atoms with van der Waals surface area (Å²) in [5.41, 5.74) is 2.32. The van der Waals surface area contributed by atoms with Crippen LogP contribution in [0, 0.1) is 16.7 Å². The average molecular weight is 458 g/mol. The summed E-state index contributed by atoms with van der Waals surface area (Å²) in [5.74, 6) is 0.629. The molecule has 1 spiro atoms. The highest BCUT2D eigenvalue weighted by Crippen LogP contribution is 2.58. The molecule has 2 aromatic carbocycles. The molecule has 0 aromatic heterocycles. The molecule has 34 heavy (non-hydrogen) atoms. The van der Waals surface area contributed by atoms with Crippen LogP contribution in [0.2, 0.25) is 0 Å². The fraction of sp³-hybridized carbons (Fsp3) is 0.481. The first-order valence-corrected chi connectivity index (χ1v) is 12.2. The number of amides is 1. The van der Waals surface area contributed by atoms with Crippen LogP contribution in [0.5, 0.6) is 5.75 Å². The van der Waals surface area contributed by atoms with Crippen LogP contribution in [0.3, 0.4) is 0 Å². The topological polar surface area (TPSA) is 71.8 Å². The van der Waals surface area contributed by atoms with E-state index >= 15 is 0 Å². The fourth-order valence-electron chi connectivity index (χ4n) is 6.70. The quantitative estimate of drug-likeness (QED) is 0.761. The van der Waals surface area contributed by atoms with Gasteiger partial charge < -0.3 is 15.0 Å². The maximum atomic E-state index is 13.8. The van der Waals surface area contributed by atoms with Crippen molar-refractivity contribution < 1.29 is 9.53 Å². The number of ether oxygens (including phenoxy) is 1. The normalized spacial score (nSPS) is 26.9. The second-order valence-electron chi connectivity index (χ2n) is 10.5. The Hall–Kier alpha value is -2.92. The van der Waals surface area contributed by atoms with Crippen molar-refractivity contribution in [3.8, 4) is 11.8 Å². The molecule has 1 unspecified atom stereocenters. The minimum absolute atomic E-state index is 0.0631. The van der Waals surface area contributed by atoms with Crippen molar-refractivity contribution in [1.29, 1.82) is 5.26 Å². The molecule has 1 N–H and O–H groups in total. The van der Waals surface area contributed by atoms with Gasteiger partial charge in [0.1, 0.15) is 5.75 Å². The highest BCUT2D eigenvalue weighted by molar-refractivity contribution is 6.09. The largest absolute Gasteiger partial charge is 0.496 e. The van der Waals surface area contributed by atoms with Gasteiger partial charge in [0.25, 0.3) is 5.91 Å². The first-order chi connectivity index (χ1) is 16.5. The van der Waals surface area contributed by atoms with E-state index in [9.17, 15) is 10.1 Å². The summed E-state index contributed by atoms with van der Waals surface area (Å²) in [4.78, 5) is 21.2. The number of hydrogen-bond donors (Lipinski definition) is 1. The molecule has 2 aromatic rings. The monoisotopic (exact) mass is 457 g/mol. The summed E-state index contributed by atoms with van der Waals surface area (Å²) in [6.45, 7) is 6.34. The summed E-state index contributed by atoms with van der Waals surface area (Å²) in [6, 6.07) is 16.2. The molecule has 3 heterocycles. The highest BCUT2D eigenvalue weighted by atomic mass is 16.5. The number of benzene rings is 2. The van der Waals surface area contributed by atoms with Crippen LogP contribution in [0.4, 0.5) is 5.69 Å². The zero-order valence-electron chi connectivity index (χ0n) is 19.9. The molecule has 1 atom stereocenters. The number of rotatable bonds is 4. The van der Waals surface area contributed by atoms with Crippen molar-refractivity contribution in [2.75, 3.05) is 58.7 Å². The molecule has 0 bridgehead atoms. The van der Waals surface area contributed by atoms with Crippen LogP contribution in [0.1, 0.15) is 29.5 Å². The van der Waals surface area contributed by atoms with Crippen molar-refractivity contribution in [2.24, 2.45) is 5.41 Å². The molecular weight excluding hydrogens is 426 g/mol. The van der Waals surface area contributed by atoms with E-state index in [4.69, 9.17) is 4.74 Å². The van der Waals surface area contributed by atoms with Crippen LogP contribution in [-0.4, -0.2) is 80.1 Å². The third-order valence-electron chi connectivity index (χ3n) is 8.53. The SMILES string of the molecule is COc1ccccc1C1(N2CC3(CC(N4CCN(C)CC4)C3)C2)C(=O)Nc2ccc(C#N)cc21. The van der Waals surface area contributed by atoms with Gasteiger partial charge >= 0.3 is 0 Å². The van der Waals surface area contributed by atoms with Gasteiger partial charge in [-0.2, -0.15) is 5.26 Å². The van der Waals surface area contributed by atoms with E-state index in [0.717, 1.165) is 56.1 Å². The van der Waals surface area contributed by atoms with E-state index in [-0.39, 0.29) is 11.3 Å². The zero-order valence-corrected chi connectivity index (χ0v) is 19.9. The maximum absolute atomic E-state index is 13.8. The number of hydrogen-bond acceptors (Lipinski definition) is 6. The van der Waals surface area contributed by atoms with E-state index in [1.54, 1.807) is 13.2 Å². The van der Waals surface area contributed by atoms with Crippen LogP contribution < -0.4 is 10.1 Å². The Morgan fingerprint density at radius 1 is 1.06 bits per heavy atom. The molecule has 176 valence electrons. The number of likely N-dealkylation sites (N-methyl/N-ethyl adjacent to an activating group) is 1. The van der Waals surface area contributed by atoms with Gasteiger partial charge in [-0.05, 0) is 49.6 Å². The summed E-state index contributed by atoms with van der Waals surface area (Å²) in [5, 5.41) is 12.7. The van der Waals surface area contributed by atoms with Crippen LogP contribution >= 0.6 is 0 Å². The predicted octanol–water partition coefficient (Wildman–Crippen LogP) is 2.47. The molecule has 2 saturated heterocycles. The fourth-order valence-corrected chi connectivity index (χ4v) is 6.70. The van der Waals surface area contributed by atoms with E-state index < -0.39 is 5.54 Å². The minimum atomic E-state index is -0.987. The van der Waals surface area contributed by atoms with E-state index in [2.05, 4.69) is 33.1 Å². The second-order valence-corrected chi connectivity index (χ2v) is 10.5. The standard InChI is InChI=1S/C27H31N5O2/c1-30-9-11-31(12-10-30)20-14-26(15-20)17-32(18-26)27(21-5-3-4-6-24(21)34-2)22-13-19(16-28)7-8-23(22)29-25(27)33/h3-8,13,20H,9-12,14-15,17-18H2,1-2H3,(H,29,33). The molecule has 4 aliphatic rings. The molecule has 1 saturated carbocycles. The number of fused-ring (bicyclic) bond motifs is 1. The Bertz CT molecular complexity index is 1170. The number of carbonyl (C=O) groups is 1. The summed E-state index contributed by atoms with van der Waals surface area (Å²) < 4.78 is 5.74. The van der Waals surface area contributed by atoms with Gasteiger partial charge in [0.2, 0.25) is 0 Å². The number of para-hydroxylation sites is 1. The van der Waals surface area contributed by atoms with Crippen molar-refractivity contribution in [3.63, 3.8) is 0 Å². The van der Waals surface area contributed by atoms with E-state index in [0.29, 0.717) is 17.4 Å². The van der Waals surface area contributed by atoms with Gasteiger partial charge in [0.05, 0.1) is 18.7 Å². The summed E-state index contributed by atoms with van der Waals surface area (Å²) in [7, 11) is 3.85. The van der Waals surface area contributed by atoms with Crippen LogP contribution in [0.15, 0.2) is 42.5 Å². The predicted molar refractivity (Wildman–Crippen MR) is 130 cm³/mol. The lowest BCUT2D eigenvalue weighted by Gasteiger charge is -2.64. The summed E-state index contributed by atoms with van der Waals surface area (Å²) >= 11 is 0. The van der Waals surface area contributed by atoms with Gasteiger partial charge in [-0.1, -0.05) is 18.2 Å². The van der Waals surface area contributed by atoms with E-state index in [1.165, 1.54) is 12.8 Å². The first kappa shape index (κ1) is 21.6. The number of nitrogens with zero attached hydrogens (tertiary/aromatic N) is 4. The molecule has 7 nitrogen and oxygen atoms in total. The number of anilines is 1. The van der Waals surface area contributed by atoms with Gasteiger partial charge in [0, 0.05) is 62.1 Å². The van der Waals surface area contributed by atoms with Gasteiger partial charge in [-0.15, -0.1) is 0 Å². The third-order valence-corrected chi connectivity index (χ3v) is 8.53. The minimum Gasteiger partial charge on any atom is -0.496 e. The number of methoxy groups -OCH3 is 1. The second kappa shape index (κ2) is 7.81. The van der Waals surface area contributed by atoms with Crippen LogP contribution in [-0.2, 0) is 10.3 Å². The molecule has 1 amide bonds. The van der Waals surface area contributed by atoms with Crippen molar-refractivity contribution in [2.45, 2.75) is 24.4 Å². The van der Waals surface area contributed by atoms with Gasteiger partial charge in [-0.25, -0.2) is 0 Å². The first-order valence-electron chi connectivity index (χ1n) is 12.2. The lowest BCUT2D eigenvalue weighted by molar-refractivity contribution is -0.158. The third kappa shape index (κ3) is 3.02. The number of carbonyl (C=O) groups excluding carboxylic acids is 1. The zero-order chi connectivity index (χ0) is 23.5. The smallest absolute Gasteiger partial charge is 0.254 e. The highest BCUT2D eigenvalue weighted by Gasteiger charge is 2.63. The Morgan fingerprint density at radius 2 is 1.79 bits per heavy atom. The number of nitriles is 1. The van der Waals surface area contributed by atoms with E-state index in [1.807, 2.05) is 36.4 Å². The van der Waals surface area contributed by atoms with Crippen LogP contribution in [0.25, 0.3) is 0 Å². The number of likely N-dealkylation sites (tertiary alicyclic amines) is 1. The Labute approximate surface area is 200 Å². The molecule has 1 aliphatic carbocycles. The molecule has 7 heteroatoms. The molecule has 3 aliphatic heterocycles. The number of nitrogens with one attached hydrogen (secondary N) is 1. The van der Waals surface area contributed by atoms with Crippen molar-refractivity contribution in [1.82, 2.24) is 14.7 Å². The molecule has 6 rings (SSSR count). The molecular formula is C27H31N5O2. The lowest BCUT2D eigenvalue weighted by atomic mass is 9.58. The van der Waals surface area contributed by atoms with Gasteiger partial charge in [0.15, 0.2) is 5.54 Å². The summed E-state index contributed by atoms with van der Waals surface area (Å²) in [6.07, 6.45) is 2.39. The average Bonchev–Trinajstić information content (AvgIpc) is 3.09. The van der Waals surface area contributed by atoms with Crippen molar-refractivity contribution >= 4 is 11.6 Å². The van der Waals surface area contributed by atoms with Gasteiger partial charge in [-0.3, -0.25) is 14.6 Å². The molecule has 0 radical (unpaired) electrons. The maximum Gasteiger partial charge on any atom is 0.254 e. The Morgan fingerprint density at radius 3 is 2.50 bits per heavy atom. The molecule has 3 fully saturated rings. The Kier molecular flexibility index (Phi) is 4.96.